The first-order valence-corrected chi connectivity index (χ1v) is 7.50. The molecule has 2 aromatic rings. The van der Waals surface area contributed by atoms with Gasteiger partial charge < -0.3 is 10.1 Å². The van der Waals surface area contributed by atoms with Gasteiger partial charge in [-0.1, -0.05) is 6.92 Å². The second-order valence-electron chi connectivity index (χ2n) is 5.15. The van der Waals surface area contributed by atoms with Gasteiger partial charge in [-0.3, -0.25) is 4.79 Å². The molecule has 2 aromatic heterocycles. The zero-order chi connectivity index (χ0) is 19.3. The molecular weight excluding hydrogens is 363 g/mol. The highest BCUT2D eigenvalue weighted by atomic mass is 19.4. The minimum absolute atomic E-state index is 0.0636. The van der Waals surface area contributed by atoms with E-state index >= 15 is 0 Å². The number of hydrogen-bond acceptors (Lipinski definition) is 5. The van der Waals surface area contributed by atoms with Crippen LogP contribution in [-0.4, -0.2) is 40.1 Å². The molecule has 2 rings (SSSR count). The smallest absolute Gasteiger partial charge is 0.405 e. The first-order chi connectivity index (χ1) is 12.2. The maximum Gasteiger partial charge on any atom is 0.405 e. The van der Waals surface area contributed by atoms with Crippen LogP contribution in [0.5, 0.6) is 5.88 Å². The van der Waals surface area contributed by atoms with Crippen LogP contribution in [0.15, 0.2) is 35.3 Å². The molecule has 0 aliphatic rings. The van der Waals surface area contributed by atoms with Crippen LogP contribution >= 0.6 is 0 Å². The molecule has 0 radical (unpaired) electrons. The Bertz CT molecular complexity index is 777. The molecule has 1 atom stereocenters. The van der Waals surface area contributed by atoms with Gasteiger partial charge in [0, 0.05) is 23.9 Å². The molecule has 0 amide bonds. The Hall–Kier alpha value is -2.56. The van der Waals surface area contributed by atoms with Crippen molar-refractivity contribution in [2.24, 2.45) is 0 Å². The van der Waals surface area contributed by atoms with Gasteiger partial charge >= 0.3 is 12.8 Å². The van der Waals surface area contributed by atoms with Gasteiger partial charge in [0.1, 0.15) is 6.04 Å². The Morgan fingerprint density at radius 3 is 2.50 bits per heavy atom. The maximum absolute atomic E-state index is 13.0. The molecule has 0 saturated carbocycles. The Morgan fingerprint density at radius 2 is 1.96 bits per heavy atom. The van der Waals surface area contributed by atoms with Gasteiger partial charge in [-0.2, -0.15) is 27.1 Å². The fourth-order valence-electron chi connectivity index (χ4n) is 2.13. The van der Waals surface area contributed by atoms with Crippen LogP contribution in [0.4, 0.5) is 22.0 Å². The van der Waals surface area contributed by atoms with Crippen molar-refractivity contribution in [3.63, 3.8) is 0 Å². The average molecular weight is 378 g/mol. The first kappa shape index (κ1) is 19.8. The molecule has 0 spiro atoms. The standard InChI is InChI=1S/C15H15F5N4O2/c1-2-21-11(15(18,19)20)8-24-13(25)6-4-10(23-24)9-3-5-12(22-7-9)26-14(16)17/h3-7,11,14,21H,2,8H2,1H3. The van der Waals surface area contributed by atoms with E-state index in [-0.39, 0.29) is 18.1 Å². The number of hydrogen-bond donors (Lipinski definition) is 1. The number of alkyl halides is 5. The van der Waals surface area contributed by atoms with Crippen LogP contribution in [0.3, 0.4) is 0 Å². The number of pyridine rings is 1. The number of nitrogens with zero attached hydrogens (tertiary/aromatic N) is 3. The first-order valence-electron chi connectivity index (χ1n) is 7.50. The van der Waals surface area contributed by atoms with Crippen molar-refractivity contribution < 1.29 is 26.7 Å². The van der Waals surface area contributed by atoms with E-state index < -0.39 is 30.9 Å². The highest BCUT2D eigenvalue weighted by Crippen LogP contribution is 2.22. The second kappa shape index (κ2) is 8.21. The summed E-state index contributed by atoms with van der Waals surface area (Å²) in [5.74, 6) is -0.318. The van der Waals surface area contributed by atoms with Crippen LogP contribution in [0, 0.1) is 0 Å². The predicted molar refractivity (Wildman–Crippen MR) is 81.9 cm³/mol. The Balaban J connectivity index is 2.27. The van der Waals surface area contributed by atoms with E-state index in [2.05, 4.69) is 20.1 Å². The fraction of sp³-hybridized carbons (Fsp3) is 0.400. The number of halogens is 5. The van der Waals surface area contributed by atoms with E-state index in [1.165, 1.54) is 25.3 Å². The Morgan fingerprint density at radius 1 is 1.23 bits per heavy atom. The molecule has 0 aliphatic heterocycles. The van der Waals surface area contributed by atoms with Gasteiger partial charge in [0.25, 0.3) is 5.56 Å². The van der Waals surface area contributed by atoms with Gasteiger partial charge in [-0.05, 0) is 18.7 Å². The van der Waals surface area contributed by atoms with E-state index in [4.69, 9.17) is 0 Å². The van der Waals surface area contributed by atoms with Crippen LogP contribution in [0.25, 0.3) is 11.3 Å². The fourth-order valence-corrected chi connectivity index (χ4v) is 2.13. The lowest BCUT2D eigenvalue weighted by Crippen LogP contribution is -2.47. The van der Waals surface area contributed by atoms with Crippen LogP contribution in [0.2, 0.25) is 0 Å². The topological polar surface area (TPSA) is 69.0 Å². The van der Waals surface area contributed by atoms with Crippen LogP contribution in [-0.2, 0) is 6.54 Å². The van der Waals surface area contributed by atoms with Crippen molar-refractivity contribution in [3.05, 3.63) is 40.8 Å². The van der Waals surface area contributed by atoms with Crippen molar-refractivity contribution >= 4 is 0 Å². The molecule has 0 bridgehead atoms. The van der Waals surface area contributed by atoms with E-state index in [0.29, 0.717) is 10.2 Å². The summed E-state index contributed by atoms with van der Waals surface area (Å²) in [4.78, 5) is 15.5. The normalized spacial score (nSPS) is 13.0. The van der Waals surface area contributed by atoms with Gasteiger partial charge in [0.05, 0.1) is 12.2 Å². The molecular formula is C15H15F5N4O2. The molecule has 6 nitrogen and oxygen atoms in total. The lowest BCUT2D eigenvalue weighted by atomic mass is 10.2. The molecule has 0 aliphatic carbocycles. The summed E-state index contributed by atoms with van der Waals surface area (Å²) in [6.07, 6.45) is -3.39. The summed E-state index contributed by atoms with van der Waals surface area (Å²) < 4.78 is 68.0. The van der Waals surface area contributed by atoms with Crippen molar-refractivity contribution in [1.82, 2.24) is 20.1 Å². The third kappa shape index (κ3) is 5.22. The summed E-state index contributed by atoms with van der Waals surface area (Å²) in [5, 5.41) is 6.16. The molecule has 0 aromatic carbocycles. The van der Waals surface area contributed by atoms with Crippen molar-refractivity contribution in [2.75, 3.05) is 6.54 Å². The summed E-state index contributed by atoms with van der Waals surface area (Å²) in [7, 11) is 0. The molecule has 26 heavy (non-hydrogen) atoms. The lowest BCUT2D eigenvalue weighted by molar-refractivity contribution is -0.159. The molecule has 142 valence electrons. The second-order valence-corrected chi connectivity index (χ2v) is 5.15. The number of nitrogens with one attached hydrogen (secondary N) is 1. The lowest BCUT2D eigenvalue weighted by Gasteiger charge is -2.21. The van der Waals surface area contributed by atoms with Gasteiger partial charge in [0.15, 0.2) is 0 Å². The third-order valence-electron chi connectivity index (χ3n) is 3.31. The van der Waals surface area contributed by atoms with Crippen molar-refractivity contribution in [3.8, 4) is 17.1 Å². The molecule has 0 fully saturated rings. The largest absolute Gasteiger partial charge is 0.417 e. The van der Waals surface area contributed by atoms with Crippen molar-refractivity contribution in [2.45, 2.75) is 32.3 Å². The summed E-state index contributed by atoms with van der Waals surface area (Å²) >= 11 is 0. The van der Waals surface area contributed by atoms with Gasteiger partial charge in [-0.15, -0.1) is 0 Å². The summed E-state index contributed by atoms with van der Waals surface area (Å²) in [5.41, 5.74) is -0.211. The van der Waals surface area contributed by atoms with E-state index in [1.807, 2.05) is 0 Å². The maximum atomic E-state index is 13.0. The monoisotopic (exact) mass is 378 g/mol. The Kier molecular flexibility index (Phi) is 6.24. The van der Waals surface area contributed by atoms with E-state index in [0.717, 1.165) is 12.1 Å². The number of aromatic nitrogens is 3. The molecule has 11 heteroatoms. The van der Waals surface area contributed by atoms with Crippen molar-refractivity contribution in [1.29, 1.82) is 0 Å². The SMILES string of the molecule is CCNC(Cn1nc(-c2ccc(OC(F)F)nc2)ccc1=O)C(F)(F)F. The number of ether oxygens (including phenoxy) is 1. The molecule has 2 heterocycles. The summed E-state index contributed by atoms with van der Waals surface area (Å²) in [6, 6.07) is 2.96. The summed E-state index contributed by atoms with van der Waals surface area (Å²) in [6.45, 7) is -2.16. The molecule has 1 unspecified atom stereocenters. The highest BCUT2D eigenvalue weighted by Gasteiger charge is 2.39. The van der Waals surface area contributed by atoms with E-state index in [9.17, 15) is 26.7 Å². The van der Waals surface area contributed by atoms with Gasteiger partial charge in [-0.25, -0.2) is 9.67 Å². The average Bonchev–Trinajstić information content (AvgIpc) is 2.55. The number of rotatable bonds is 7. The zero-order valence-electron chi connectivity index (χ0n) is 13.5. The van der Waals surface area contributed by atoms with Crippen LogP contribution < -0.4 is 15.6 Å². The van der Waals surface area contributed by atoms with Gasteiger partial charge in [0.2, 0.25) is 5.88 Å². The molecule has 0 saturated heterocycles. The minimum atomic E-state index is -4.55. The Labute approximate surface area is 144 Å². The number of likely N-dealkylation sites (N-methyl/N-ethyl adjacent to an activating group) is 1. The quantitative estimate of drug-likeness (QED) is 0.750. The minimum Gasteiger partial charge on any atom is -0.417 e. The van der Waals surface area contributed by atoms with Crippen LogP contribution in [0.1, 0.15) is 6.92 Å². The highest BCUT2D eigenvalue weighted by molar-refractivity contribution is 5.57. The molecule has 1 N–H and O–H groups in total. The predicted octanol–water partition coefficient (Wildman–Crippen LogP) is 2.45. The third-order valence-corrected chi connectivity index (χ3v) is 3.31. The van der Waals surface area contributed by atoms with E-state index in [1.54, 1.807) is 0 Å². The zero-order valence-corrected chi connectivity index (χ0v) is 13.5.